The van der Waals surface area contributed by atoms with Gasteiger partial charge in [-0.05, 0) is 30.7 Å². The van der Waals surface area contributed by atoms with Crippen molar-refractivity contribution < 1.29 is 22.7 Å². The van der Waals surface area contributed by atoms with Gasteiger partial charge in [0.15, 0.2) is 5.65 Å². The zero-order valence-corrected chi connectivity index (χ0v) is 19.6. The molecule has 4 aromatic heterocycles. The number of nitrogens with two attached hydrogens (primary N) is 1. The van der Waals surface area contributed by atoms with E-state index in [-0.39, 0.29) is 17.4 Å². The Bertz CT molecular complexity index is 1370. The Hall–Kier alpha value is -4.22. The number of nitrogens with one attached hydrogen (secondary N) is 1. The smallest absolute Gasteiger partial charge is 0.419 e. The number of carbonyl (C=O) groups is 1. The molecule has 4 heterocycles. The number of amides is 1. The van der Waals surface area contributed by atoms with E-state index in [4.69, 9.17) is 10.5 Å². The Balaban J connectivity index is 1.49. The molecular formula is C24H24F3N7O2. The largest absolute Gasteiger partial charge is 0.478 e. The van der Waals surface area contributed by atoms with Crippen LogP contribution in [0, 0.1) is 5.92 Å². The summed E-state index contributed by atoms with van der Waals surface area (Å²) in [5, 5.41) is 7.36. The van der Waals surface area contributed by atoms with E-state index in [1.165, 1.54) is 16.9 Å². The van der Waals surface area contributed by atoms with Crippen LogP contribution in [0.3, 0.4) is 0 Å². The van der Waals surface area contributed by atoms with Crippen molar-refractivity contribution in [1.29, 1.82) is 0 Å². The molecule has 0 saturated heterocycles. The maximum absolute atomic E-state index is 13.3. The lowest BCUT2D eigenvalue weighted by Gasteiger charge is -2.11. The Morgan fingerprint density at radius 2 is 1.86 bits per heavy atom. The van der Waals surface area contributed by atoms with Crippen molar-refractivity contribution in [3.05, 3.63) is 54.5 Å². The minimum absolute atomic E-state index is 0.00329. The normalized spacial score (nSPS) is 11.7. The summed E-state index contributed by atoms with van der Waals surface area (Å²) < 4.78 is 46.9. The lowest BCUT2D eigenvalue weighted by atomic mass is 10.1. The molecule has 0 aromatic carbocycles. The Kier molecular flexibility index (Phi) is 7.04. The van der Waals surface area contributed by atoms with Crippen LogP contribution in [-0.4, -0.2) is 43.6 Å². The molecule has 9 nitrogen and oxygen atoms in total. The van der Waals surface area contributed by atoms with Crippen LogP contribution in [0.25, 0.3) is 28.2 Å². The molecule has 0 radical (unpaired) electrons. The van der Waals surface area contributed by atoms with Crippen LogP contribution in [-0.2, 0) is 11.0 Å². The third kappa shape index (κ3) is 5.53. The van der Waals surface area contributed by atoms with Crippen LogP contribution in [0.15, 0.2) is 48.9 Å². The number of nitrogen functional groups attached to an aromatic ring is 1. The van der Waals surface area contributed by atoms with Crippen molar-refractivity contribution in [2.45, 2.75) is 26.4 Å². The molecule has 0 unspecified atom stereocenters. The van der Waals surface area contributed by atoms with Gasteiger partial charge < -0.3 is 15.8 Å². The number of hydrogen-bond acceptors (Lipinski definition) is 7. The van der Waals surface area contributed by atoms with E-state index < -0.39 is 17.6 Å². The first kappa shape index (κ1) is 24.9. The van der Waals surface area contributed by atoms with Crippen LogP contribution >= 0.6 is 0 Å². The number of rotatable bonds is 8. The minimum Gasteiger partial charge on any atom is -0.478 e. The number of ether oxygens (including phenoxy) is 1. The van der Waals surface area contributed by atoms with E-state index in [1.54, 1.807) is 30.5 Å². The molecule has 1 amide bonds. The van der Waals surface area contributed by atoms with E-state index in [2.05, 4.69) is 25.4 Å². The van der Waals surface area contributed by atoms with Crippen molar-refractivity contribution >= 4 is 17.4 Å². The van der Waals surface area contributed by atoms with Crippen molar-refractivity contribution in [3.63, 3.8) is 0 Å². The number of halogens is 3. The fourth-order valence-corrected chi connectivity index (χ4v) is 3.35. The maximum Gasteiger partial charge on any atom is 0.419 e. The van der Waals surface area contributed by atoms with Gasteiger partial charge in [-0.3, -0.25) is 4.79 Å². The molecule has 0 spiro atoms. The molecule has 188 valence electrons. The minimum atomic E-state index is -4.64. The Morgan fingerprint density at radius 3 is 2.56 bits per heavy atom. The van der Waals surface area contributed by atoms with Gasteiger partial charge in [0, 0.05) is 42.0 Å². The molecule has 4 rings (SSSR count). The van der Waals surface area contributed by atoms with Gasteiger partial charge in [-0.25, -0.2) is 19.5 Å². The van der Waals surface area contributed by atoms with Gasteiger partial charge in [0.05, 0.1) is 29.8 Å². The van der Waals surface area contributed by atoms with Crippen molar-refractivity contribution in [3.8, 4) is 28.4 Å². The second-order valence-electron chi connectivity index (χ2n) is 8.32. The molecule has 0 saturated carbocycles. The molecule has 0 aliphatic carbocycles. The lowest BCUT2D eigenvalue weighted by molar-refractivity contribution is -0.137. The first-order chi connectivity index (χ1) is 17.1. The standard InChI is InChI=1S/C24H24F3N7O2/c1-14(2)23(35)29-8-3-9-36-21-7-4-15(11-31-21)18-5-6-20-30-13-19(34(20)33-18)16-10-17(24(25,26)27)22(28)32-12-16/h4-7,10-14H,3,8-9H2,1-2H3,(H2,28,32)(H,29,35). The summed E-state index contributed by atoms with van der Waals surface area (Å²) in [5.74, 6) is -0.239. The first-order valence-electron chi connectivity index (χ1n) is 11.2. The van der Waals surface area contributed by atoms with Crippen LogP contribution in [0.1, 0.15) is 25.8 Å². The van der Waals surface area contributed by atoms with Crippen molar-refractivity contribution in [2.75, 3.05) is 18.9 Å². The molecule has 4 aromatic rings. The molecule has 0 atom stereocenters. The van der Waals surface area contributed by atoms with Crippen molar-refractivity contribution in [1.82, 2.24) is 29.9 Å². The average molecular weight is 499 g/mol. The second-order valence-corrected chi connectivity index (χ2v) is 8.32. The average Bonchev–Trinajstić information content (AvgIpc) is 3.27. The lowest BCUT2D eigenvalue weighted by Crippen LogP contribution is -2.29. The molecule has 0 aliphatic rings. The van der Waals surface area contributed by atoms with Gasteiger partial charge in [-0.2, -0.15) is 18.3 Å². The highest BCUT2D eigenvalue weighted by molar-refractivity contribution is 5.77. The maximum atomic E-state index is 13.3. The first-order valence-corrected chi connectivity index (χ1v) is 11.2. The third-order valence-electron chi connectivity index (χ3n) is 5.31. The number of aromatic nitrogens is 5. The second kappa shape index (κ2) is 10.2. The van der Waals surface area contributed by atoms with Gasteiger partial charge >= 0.3 is 6.18 Å². The number of imidazole rings is 1. The highest BCUT2D eigenvalue weighted by Gasteiger charge is 2.34. The number of nitrogens with zero attached hydrogens (tertiary/aromatic N) is 5. The van der Waals surface area contributed by atoms with E-state index in [9.17, 15) is 18.0 Å². The quantitative estimate of drug-likeness (QED) is 0.352. The summed E-state index contributed by atoms with van der Waals surface area (Å²) in [5.41, 5.74) is 6.59. The van der Waals surface area contributed by atoms with Gasteiger partial charge in [-0.15, -0.1) is 0 Å². The fraction of sp³-hybridized carbons (Fsp3) is 0.292. The van der Waals surface area contributed by atoms with Gasteiger partial charge in [0.2, 0.25) is 11.8 Å². The molecule has 0 bridgehead atoms. The Labute approximate surface area is 204 Å². The molecule has 0 aliphatic heterocycles. The fourth-order valence-electron chi connectivity index (χ4n) is 3.35. The third-order valence-corrected chi connectivity index (χ3v) is 5.31. The highest BCUT2D eigenvalue weighted by atomic mass is 19.4. The predicted molar refractivity (Wildman–Crippen MR) is 127 cm³/mol. The monoisotopic (exact) mass is 499 g/mol. The van der Waals surface area contributed by atoms with Gasteiger partial charge in [0.1, 0.15) is 5.82 Å². The molecular weight excluding hydrogens is 475 g/mol. The van der Waals surface area contributed by atoms with Gasteiger partial charge in [-0.1, -0.05) is 13.8 Å². The Morgan fingerprint density at radius 1 is 1.08 bits per heavy atom. The van der Waals surface area contributed by atoms with Crippen LogP contribution in [0.5, 0.6) is 5.88 Å². The highest BCUT2D eigenvalue weighted by Crippen LogP contribution is 2.35. The summed E-state index contributed by atoms with van der Waals surface area (Å²) in [4.78, 5) is 23.8. The molecule has 3 N–H and O–H groups in total. The topological polar surface area (TPSA) is 120 Å². The van der Waals surface area contributed by atoms with E-state index in [1.807, 2.05) is 13.8 Å². The summed E-state index contributed by atoms with van der Waals surface area (Å²) in [6.45, 7) is 4.57. The summed E-state index contributed by atoms with van der Waals surface area (Å²) in [7, 11) is 0. The zero-order valence-electron chi connectivity index (χ0n) is 19.6. The van der Waals surface area contributed by atoms with E-state index >= 15 is 0 Å². The number of carbonyl (C=O) groups excluding carboxylic acids is 1. The zero-order chi connectivity index (χ0) is 25.9. The van der Waals surface area contributed by atoms with E-state index in [0.717, 1.165) is 6.07 Å². The van der Waals surface area contributed by atoms with Gasteiger partial charge in [0.25, 0.3) is 0 Å². The summed E-state index contributed by atoms with van der Waals surface area (Å²) in [6.07, 6.45) is 0.277. The number of hydrogen-bond donors (Lipinski definition) is 2. The number of alkyl halides is 3. The van der Waals surface area contributed by atoms with E-state index in [0.29, 0.717) is 48.1 Å². The van der Waals surface area contributed by atoms with Crippen LogP contribution in [0.4, 0.5) is 19.0 Å². The predicted octanol–water partition coefficient (Wildman–Crippen LogP) is 4.00. The number of fused-ring (bicyclic) bond motifs is 1. The SMILES string of the molecule is CC(C)C(=O)NCCCOc1ccc(-c2ccc3ncc(-c4cnc(N)c(C(F)(F)F)c4)n3n2)cn1. The molecule has 12 heteroatoms. The molecule has 36 heavy (non-hydrogen) atoms. The summed E-state index contributed by atoms with van der Waals surface area (Å²) in [6, 6.07) is 7.85. The van der Waals surface area contributed by atoms with Crippen LogP contribution in [0.2, 0.25) is 0 Å². The summed E-state index contributed by atoms with van der Waals surface area (Å²) >= 11 is 0. The number of pyridine rings is 2. The number of anilines is 1. The van der Waals surface area contributed by atoms with Crippen LogP contribution < -0.4 is 15.8 Å². The van der Waals surface area contributed by atoms with Crippen molar-refractivity contribution in [2.24, 2.45) is 5.92 Å². The molecule has 0 fully saturated rings.